The lowest BCUT2D eigenvalue weighted by molar-refractivity contribution is -0.136. The highest BCUT2D eigenvalue weighted by atomic mass is 16.5. The highest BCUT2D eigenvalue weighted by Gasteiger charge is 2.29. The minimum absolute atomic E-state index is 0.0518. The average molecular weight is 278 g/mol. The van der Waals surface area contributed by atoms with Crippen LogP contribution in [0.4, 0.5) is 5.69 Å². The van der Waals surface area contributed by atoms with Crippen molar-refractivity contribution >= 4 is 17.6 Å². The van der Waals surface area contributed by atoms with Crippen LogP contribution in [0.25, 0.3) is 0 Å². The molecule has 6 heteroatoms. The molecule has 1 aliphatic rings. The van der Waals surface area contributed by atoms with Crippen LogP contribution in [0.3, 0.4) is 0 Å². The Morgan fingerprint density at radius 2 is 2.20 bits per heavy atom. The normalized spacial score (nSPS) is 21.6. The van der Waals surface area contributed by atoms with Gasteiger partial charge in [-0.1, -0.05) is 12.1 Å². The first-order valence-electron chi connectivity index (χ1n) is 6.55. The van der Waals surface area contributed by atoms with E-state index in [1.54, 1.807) is 24.3 Å². The lowest BCUT2D eigenvalue weighted by Crippen LogP contribution is -2.29. The van der Waals surface area contributed by atoms with Crippen LogP contribution in [0.15, 0.2) is 24.3 Å². The van der Waals surface area contributed by atoms with Crippen LogP contribution in [-0.2, 0) is 20.7 Å². The largest absolute Gasteiger partial charge is 0.481 e. The van der Waals surface area contributed by atoms with E-state index in [0.29, 0.717) is 24.2 Å². The fraction of sp³-hybridized carbons (Fsp3) is 0.429. The molecule has 1 aromatic carbocycles. The summed E-state index contributed by atoms with van der Waals surface area (Å²) in [6.07, 6.45) is 0.838. The van der Waals surface area contributed by atoms with Crippen LogP contribution < -0.4 is 11.1 Å². The number of nitrogens with two attached hydrogens (primary N) is 1. The molecular formula is C14H18N2O4. The zero-order valence-corrected chi connectivity index (χ0v) is 11.0. The number of carboxylic acid groups (broad SMARTS) is 1. The van der Waals surface area contributed by atoms with E-state index in [4.69, 9.17) is 15.6 Å². The first-order chi connectivity index (χ1) is 9.58. The Bertz CT molecular complexity index is 504. The number of anilines is 1. The summed E-state index contributed by atoms with van der Waals surface area (Å²) in [4.78, 5) is 22.7. The summed E-state index contributed by atoms with van der Waals surface area (Å²) in [5.41, 5.74) is 6.72. The number of amides is 1. The van der Waals surface area contributed by atoms with E-state index in [-0.39, 0.29) is 18.4 Å². The van der Waals surface area contributed by atoms with E-state index in [1.807, 2.05) is 0 Å². The predicted octanol–water partition coefficient (Wildman–Crippen LogP) is 0.758. The van der Waals surface area contributed by atoms with Gasteiger partial charge in [0.1, 0.15) is 6.10 Å². The molecule has 1 fully saturated rings. The fourth-order valence-electron chi connectivity index (χ4n) is 2.23. The molecule has 2 atom stereocenters. The van der Waals surface area contributed by atoms with Crippen LogP contribution in [-0.4, -0.2) is 35.7 Å². The van der Waals surface area contributed by atoms with Crippen molar-refractivity contribution in [2.24, 2.45) is 5.73 Å². The van der Waals surface area contributed by atoms with Crippen molar-refractivity contribution in [3.8, 4) is 0 Å². The summed E-state index contributed by atoms with van der Waals surface area (Å²) >= 11 is 0. The maximum atomic E-state index is 12.0. The third-order valence-corrected chi connectivity index (χ3v) is 3.21. The van der Waals surface area contributed by atoms with Gasteiger partial charge in [-0.15, -0.1) is 0 Å². The van der Waals surface area contributed by atoms with E-state index < -0.39 is 12.1 Å². The fourth-order valence-corrected chi connectivity index (χ4v) is 2.23. The molecular weight excluding hydrogens is 260 g/mol. The summed E-state index contributed by atoms with van der Waals surface area (Å²) in [7, 11) is 0. The zero-order valence-electron chi connectivity index (χ0n) is 11.0. The van der Waals surface area contributed by atoms with Crippen molar-refractivity contribution in [2.45, 2.75) is 31.5 Å². The van der Waals surface area contributed by atoms with Gasteiger partial charge in [0, 0.05) is 12.2 Å². The standard InChI is InChI=1S/C14H18N2O4/c15-8-11-4-5-12(20-11)14(19)16-10-3-1-2-9(6-10)7-13(17)18/h1-3,6,11-12H,4-5,7-8,15H2,(H,16,19)(H,17,18). The molecule has 1 aromatic rings. The Hall–Kier alpha value is -1.92. The van der Waals surface area contributed by atoms with Gasteiger partial charge in [-0.25, -0.2) is 0 Å². The smallest absolute Gasteiger partial charge is 0.307 e. The summed E-state index contributed by atoms with van der Waals surface area (Å²) in [6, 6.07) is 6.80. The molecule has 6 nitrogen and oxygen atoms in total. The first-order valence-corrected chi connectivity index (χ1v) is 6.55. The van der Waals surface area contributed by atoms with E-state index in [2.05, 4.69) is 5.32 Å². The second-order valence-corrected chi connectivity index (χ2v) is 4.82. The molecule has 1 aliphatic heterocycles. The van der Waals surface area contributed by atoms with Crippen LogP contribution in [0.2, 0.25) is 0 Å². The Kier molecular flexibility index (Phi) is 4.70. The number of carbonyl (C=O) groups excluding carboxylic acids is 1. The van der Waals surface area contributed by atoms with Gasteiger partial charge in [0.05, 0.1) is 12.5 Å². The summed E-state index contributed by atoms with van der Waals surface area (Å²) in [5.74, 6) is -1.12. The minimum Gasteiger partial charge on any atom is -0.481 e. The Morgan fingerprint density at radius 3 is 2.85 bits per heavy atom. The third kappa shape index (κ3) is 3.79. The van der Waals surface area contributed by atoms with E-state index >= 15 is 0 Å². The van der Waals surface area contributed by atoms with Gasteiger partial charge in [-0.2, -0.15) is 0 Å². The quantitative estimate of drug-likeness (QED) is 0.738. The molecule has 108 valence electrons. The molecule has 2 unspecified atom stereocenters. The molecule has 0 radical (unpaired) electrons. The Balaban J connectivity index is 1.96. The van der Waals surface area contributed by atoms with Crippen molar-refractivity contribution in [1.29, 1.82) is 0 Å². The second kappa shape index (κ2) is 6.49. The molecule has 0 spiro atoms. The van der Waals surface area contributed by atoms with E-state index in [9.17, 15) is 9.59 Å². The lowest BCUT2D eigenvalue weighted by atomic mass is 10.1. The van der Waals surface area contributed by atoms with Crippen LogP contribution >= 0.6 is 0 Å². The van der Waals surface area contributed by atoms with E-state index in [0.717, 1.165) is 6.42 Å². The number of hydrogen-bond acceptors (Lipinski definition) is 4. The number of ether oxygens (including phenoxy) is 1. The highest BCUT2D eigenvalue weighted by Crippen LogP contribution is 2.20. The van der Waals surface area contributed by atoms with Crippen LogP contribution in [0.5, 0.6) is 0 Å². The number of nitrogens with one attached hydrogen (secondary N) is 1. The van der Waals surface area contributed by atoms with Gasteiger partial charge < -0.3 is 20.9 Å². The highest BCUT2D eigenvalue weighted by molar-refractivity contribution is 5.94. The van der Waals surface area contributed by atoms with Crippen molar-refractivity contribution < 1.29 is 19.4 Å². The predicted molar refractivity (Wildman–Crippen MR) is 73.4 cm³/mol. The average Bonchev–Trinajstić information content (AvgIpc) is 2.87. The van der Waals surface area contributed by atoms with Gasteiger partial charge in [0.15, 0.2) is 0 Å². The minimum atomic E-state index is -0.904. The number of rotatable bonds is 5. The number of hydrogen-bond donors (Lipinski definition) is 3. The molecule has 2 rings (SSSR count). The SMILES string of the molecule is NCC1CCC(C(=O)Nc2cccc(CC(=O)O)c2)O1. The van der Waals surface area contributed by atoms with Gasteiger partial charge >= 0.3 is 5.97 Å². The Morgan fingerprint density at radius 1 is 1.40 bits per heavy atom. The molecule has 1 saturated heterocycles. The van der Waals surface area contributed by atoms with Crippen molar-refractivity contribution in [3.63, 3.8) is 0 Å². The molecule has 0 saturated carbocycles. The van der Waals surface area contributed by atoms with Crippen LogP contribution in [0.1, 0.15) is 18.4 Å². The summed E-state index contributed by atoms with van der Waals surface area (Å²) < 4.78 is 5.51. The van der Waals surface area contributed by atoms with Crippen molar-refractivity contribution in [2.75, 3.05) is 11.9 Å². The number of carbonyl (C=O) groups is 2. The molecule has 0 bridgehead atoms. The maximum absolute atomic E-state index is 12.0. The molecule has 0 aromatic heterocycles. The third-order valence-electron chi connectivity index (χ3n) is 3.21. The zero-order chi connectivity index (χ0) is 14.5. The first kappa shape index (κ1) is 14.5. The maximum Gasteiger partial charge on any atom is 0.307 e. The monoisotopic (exact) mass is 278 g/mol. The van der Waals surface area contributed by atoms with Gasteiger partial charge in [0.2, 0.25) is 0 Å². The van der Waals surface area contributed by atoms with Gasteiger partial charge in [-0.3, -0.25) is 9.59 Å². The molecule has 0 aliphatic carbocycles. The van der Waals surface area contributed by atoms with Crippen molar-refractivity contribution in [3.05, 3.63) is 29.8 Å². The molecule has 20 heavy (non-hydrogen) atoms. The van der Waals surface area contributed by atoms with Gasteiger partial charge in [-0.05, 0) is 30.5 Å². The van der Waals surface area contributed by atoms with Gasteiger partial charge in [0.25, 0.3) is 5.91 Å². The van der Waals surface area contributed by atoms with Crippen LogP contribution in [0, 0.1) is 0 Å². The Labute approximate surface area is 116 Å². The number of aliphatic carboxylic acids is 1. The molecule has 1 amide bonds. The molecule has 1 heterocycles. The topological polar surface area (TPSA) is 102 Å². The van der Waals surface area contributed by atoms with E-state index in [1.165, 1.54) is 0 Å². The summed E-state index contributed by atoms with van der Waals surface area (Å²) in [6.45, 7) is 0.415. The molecule has 4 N–H and O–H groups in total. The second-order valence-electron chi connectivity index (χ2n) is 4.82. The van der Waals surface area contributed by atoms with Crippen molar-refractivity contribution in [1.82, 2.24) is 0 Å². The lowest BCUT2D eigenvalue weighted by Gasteiger charge is -2.13. The summed E-state index contributed by atoms with van der Waals surface area (Å²) in [5, 5.41) is 11.5. The number of benzene rings is 1. The number of carboxylic acids is 1.